The van der Waals surface area contributed by atoms with Crippen molar-refractivity contribution in [3.05, 3.63) is 89.2 Å². The average molecular weight is 424 g/mol. The molecule has 0 saturated heterocycles. The van der Waals surface area contributed by atoms with Crippen LogP contribution in [0, 0.1) is 0 Å². The summed E-state index contributed by atoms with van der Waals surface area (Å²) in [5.41, 5.74) is 1.31. The first-order valence-electron chi connectivity index (χ1n) is 9.43. The van der Waals surface area contributed by atoms with Gasteiger partial charge in [-0.1, -0.05) is 12.1 Å². The number of rotatable bonds is 9. The Hall–Kier alpha value is -3.94. The van der Waals surface area contributed by atoms with Gasteiger partial charge in [-0.15, -0.1) is 0 Å². The van der Waals surface area contributed by atoms with E-state index in [9.17, 15) is 14.0 Å². The number of benzene rings is 2. The molecule has 1 heterocycles. The third-order valence-corrected chi connectivity index (χ3v) is 4.46. The number of carbonyl (C=O) groups excluding carboxylic acids is 1. The van der Waals surface area contributed by atoms with Crippen LogP contribution in [0.15, 0.2) is 66.9 Å². The Balaban J connectivity index is 1.57. The number of carbonyl (C=O) groups is 2. The minimum Gasteiger partial charge on any atom is -0.497 e. The van der Waals surface area contributed by atoms with Crippen molar-refractivity contribution in [1.29, 1.82) is 0 Å². The number of methoxy groups -OCH3 is 1. The van der Waals surface area contributed by atoms with E-state index in [4.69, 9.17) is 14.6 Å². The van der Waals surface area contributed by atoms with Crippen LogP contribution in [-0.2, 0) is 6.54 Å². The van der Waals surface area contributed by atoms with Gasteiger partial charge in [0.1, 0.15) is 23.8 Å². The van der Waals surface area contributed by atoms with Crippen LogP contribution in [0.1, 0.15) is 38.1 Å². The maximum absolute atomic E-state index is 14.6. The second-order valence-corrected chi connectivity index (χ2v) is 6.62. The number of carboxylic acid groups (broad SMARTS) is 1. The Labute approximate surface area is 178 Å². The number of ether oxygens (including phenoxy) is 2. The highest BCUT2D eigenvalue weighted by molar-refractivity contribution is 5.92. The molecule has 0 radical (unpaired) electrons. The van der Waals surface area contributed by atoms with Gasteiger partial charge in [0.25, 0.3) is 5.91 Å². The van der Waals surface area contributed by atoms with Gasteiger partial charge in [0.05, 0.1) is 12.7 Å². The molecule has 2 N–H and O–H groups in total. The zero-order valence-corrected chi connectivity index (χ0v) is 16.7. The minimum absolute atomic E-state index is 0.0915. The highest BCUT2D eigenvalue weighted by atomic mass is 19.1. The lowest BCUT2D eigenvalue weighted by Crippen LogP contribution is -2.24. The van der Waals surface area contributed by atoms with Crippen LogP contribution in [0.4, 0.5) is 4.39 Å². The molecule has 0 fully saturated rings. The summed E-state index contributed by atoms with van der Waals surface area (Å²) in [4.78, 5) is 27.3. The number of hydrogen-bond acceptors (Lipinski definition) is 5. The van der Waals surface area contributed by atoms with Crippen molar-refractivity contribution in [2.45, 2.75) is 12.7 Å². The van der Waals surface area contributed by atoms with Crippen LogP contribution in [0.2, 0.25) is 0 Å². The molecule has 0 aliphatic rings. The fourth-order valence-electron chi connectivity index (χ4n) is 2.78. The minimum atomic E-state index is -1.49. The van der Waals surface area contributed by atoms with E-state index in [1.54, 1.807) is 13.2 Å². The van der Waals surface area contributed by atoms with Crippen LogP contribution in [0.3, 0.4) is 0 Å². The molecule has 7 nitrogen and oxygen atoms in total. The van der Waals surface area contributed by atoms with Crippen molar-refractivity contribution < 1.29 is 28.6 Å². The molecule has 1 amide bonds. The number of amides is 1. The molecule has 0 spiro atoms. The van der Waals surface area contributed by atoms with Crippen molar-refractivity contribution in [3.63, 3.8) is 0 Å². The fraction of sp³-hybridized carbons (Fsp3) is 0.174. The number of nitrogens with zero attached hydrogens (tertiary/aromatic N) is 1. The molecular weight excluding hydrogens is 403 g/mol. The van der Waals surface area contributed by atoms with Gasteiger partial charge in [0.2, 0.25) is 0 Å². The highest BCUT2D eigenvalue weighted by Crippen LogP contribution is 2.21. The van der Waals surface area contributed by atoms with E-state index in [2.05, 4.69) is 10.3 Å². The first kappa shape index (κ1) is 21.8. The molecule has 1 atom stereocenters. The number of hydrogen-bond donors (Lipinski definition) is 2. The number of alkyl halides is 1. The normalized spacial score (nSPS) is 11.4. The quantitative estimate of drug-likeness (QED) is 0.542. The Bertz CT molecular complexity index is 1060. The predicted molar refractivity (Wildman–Crippen MR) is 111 cm³/mol. The molecule has 0 aliphatic heterocycles. The average Bonchev–Trinajstić information content (AvgIpc) is 2.81. The largest absolute Gasteiger partial charge is 0.497 e. The molecule has 3 rings (SSSR count). The summed E-state index contributed by atoms with van der Waals surface area (Å²) < 4.78 is 25.2. The molecule has 8 heteroatoms. The lowest BCUT2D eigenvalue weighted by molar-refractivity contribution is 0.0696. The molecule has 0 saturated carbocycles. The van der Waals surface area contributed by atoms with Crippen LogP contribution >= 0.6 is 0 Å². The fourth-order valence-corrected chi connectivity index (χ4v) is 2.78. The number of carboxylic acids is 1. The Kier molecular flexibility index (Phi) is 7.16. The Morgan fingerprint density at radius 2 is 1.87 bits per heavy atom. The van der Waals surface area contributed by atoms with Gasteiger partial charge in [0, 0.05) is 12.7 Å². The highest BCUT2D eigenvalue weighted by Gasteiger charge is 2.15. The number of pyridine rings is 1. The standard InChI is InChI=1S/C23H21FN2O5/c1-30-19-4-2-3-15(11-19)13-26-22(27)21-12-17(9-10-25-21)20(24)14-31-18-7-5-16(6-8-18)23(28)29/h2-12,20H,13-14H2,1H3,(H,26,27)(H,28,29). The summed E-state index contributed by atoms with van der Waals surface area (Å²) >= 11 is 0. The van der Waals surface area contributed by atoms with Crippen LogP contribution in [0.5, 0.6) is 11.5 Å². The van der Waals surface area contributed by atoms with Gasteiger partial charge in [-0.25, -0.2) is 9.18 Å². The lowest BCUT2D eigenvalue weighted by atomic mass is 10.1. The van der Waals surface area contributed by atoms with Crippen molar-refractivity contribution in [1.82, 2.24) is 10.3 Å². The van der Waals surface area contributed by atoms with Gasteiger partial charge in [-0.05, 0) is 59.7 Å². The van der Waals surface area contributed by atoms with E-state index in [1.165, 1.54) is 42.6 Å². The first-order valence-corrected chi connectivity index (χ1v) is 9.43. The summed E-state index contributed by atoms with van der Waals surface area (Å²) in [6.45, 7) is -0.0161. The van der Waals surface area contributed by atoms with Gasteiger partial charge in [-0.2, -0.15) is 0 Å². The van der Waals surface area contributed by atoms with Crippen molar-refractivity contribution in [3.8, 4) is 11.5 Å². The number of nitrogens with one attached hydrogen (secondary N) is 1. The maximum Gasteiger partial charge on any atom is 0.335 e. The third-order valence-electron chi connectivity index (χ3n) is 4.46. The molecule has 31 heavy (non-hydrogen) atoms. The van der Waals surface area contributed by atoms with Crippen LogP contribution < -0.4 is 14.8 Å². The second kappa shape index (κ2) is 10.2. The van der Waals surface area contributed by atoms with Gasteiger partial charge in [-0.3, -0.25) is 9.78 Å². The zero-order valence-electron chi connectivity index (χ0n) is 16.7. The van der Waals surface area contributed by atoms with E-state index in [0.29, 0.717) is 11.5 Å². The maximum atomic E-state index is 14.6. The van der Waals surface area contributed by atoms with Gasteiger partial charge >= 0.3 is 5.97 Å². The van der Waals surface area contributed by atoms with E-state index in [-0.39, 0.29) is 30.0 Å². The molecular formula is C23H21FN2O5. The second-order valence-electron chi connectivity index (χ2n) is 6.62. The predicted octanol–water partition coefficient (Wildman–Crippen LogP) is 3.81. The molecule has 3 aromatic rings. The summed E-state index contributed by atoms with van der Waals surface area (Å²) in [6, 6.07) is 15.8. The van der Waals surface area contributed by atoms with Crippen LogP contribution in [-0.4, -0.2) is 35.7 Å². The number of aromatic nitrogens is 1. The van der Waals surface area contributed by atoms with Gasteiger partial charge < -0.3 is 19.9 Å². The van der Waals surface area contributed by atoms with Crippen molar-refractivity contribution in [2.24, 2.45) is 0 Å². The Morgan fingerprint density at radius 3 is 2.58 bits per heavy atom. The first-order chi connectivity index (χ1) is 15.0. The topological polar surface area (TPSA) is 97.8 Å². The molecule has 0 aliphatic carbocycles. The van der Waals surface area contributed by atoms with E-state index < -0.39 is 18.0 Å². The van der Waals surface area contributed by atoms with E-state index in [0.717, 1.165) is 5.56 Å². The smallest absolute Gasteiger partial charge is 0.335 e. The van der Waals surface area contributed by atoms with E-state index >= 15 is 0 Å². The summed E-state index contributed by atoms with van der Waals surface area (Å²) in [5, 5.41) is 11.6. The monoisotopic (exact) mass is 424 g/mol. The van der Waals surface area contributed by atoms with Crippen LogP contribution in [0.25, 0.3) is 0 Å². The summed E-state index contributed by atoms with van der Waals surface area (Å²) in [7, 11) is 1.56. The summed E-state index contributed by atoms with van der Waals surface area (Å²) in [5.74, 6) is -0.450. The number of halogens is 1. The SMILES string of the molecule is COc1cccc(CNC(=O)c2cc(C(F)COc3ccc(C(=O)O)cc3)ccn2)c1. The Morgan fingerprint density at radius 1 is 1.10 bits per heavy atom. The molecule has 2 aromatic carbocycles. The molecule has 1 aromatic heterocycles. The lowest BCUT2D eigenvalue weighted by Gasteiger charge is -2.12. The van der Waals surface area contributed by atoms with Gasteiger partial charge in [0.15, 0.2) is 6.17 Å². The van der Waals surface area contributed by atoms with E-state index in [1.807, 2.05) is 18.2 Å². The molecule has 160 valence electrons. The van der Waals surface area contributed by atoms with Crippen molar-refractivity contribution in [2.75, 3.05) is 13.7 Å². The van der Waals surface area contributed by atoms with Crippen molar-refractivity contribution >= 4 is 11.9 Å². The third kappa shape index (κ3) is 6.02. The molecule has 1 unspecified atom stereocenters. The molecule has 0 bridgehead atoms. The number of aromatic carboxylic acids is 1. The summed E-state index contributed by atoms with van der Waals surface area (Å²) in [6.07, 6.45) is -0.128. The zero-order chi connectivity index (χ0) is 22.2.